The Morgan fingerprint density at radius 3 is 2.76 bits per heavy atom. The maximum atomic E-state index is 12.5. The summed E-state index contributed by atoms with van der Waals surface area (Å²) in [5, 5.41) is 0.572. The van der Waals surface area contributed by atoms with Crippen LogP contribution in [0.4, 0.5) is 0 Å². The van der Waals surface area contributed by atoms with Gasteiger partial charge in [0.1, 0.15) is 0 Å². The zero-order valence-corrected chi connectivity index (χ0v) is 13.9. The molecule has 0 bridgehead atoms. The van der Waals surface area contributed by atoms with Crippen molar-refractivity contribution in [2.75, 3.05) is 0 Å². The average molecular weight is 349 g/mol. The van der Waals surface area contributed by atoms with E-state index in [1.54, 1.807) is 30.5 Å². The van der Waals surface area contributed by atoms with Gasteiger partial charge < -0.3 is 4.90 Å². The van der Waals surface area contributed by atoms with E-state index in [-0.39, 0.29) is 5.91 Å². The molecule has 0 N–H and O–H groups in total. The summed E-state index contributed by atoms with van der Waals surface area (Å²) in [5.41, 5.74) is 2.32. The first-order chi connectivity index (χ1) is 12.2. The number of hydrogen-bond donors (Lipinski definition) is 0. The van der Waals surface area contributed by atoms with Crippen LogP contribution in [-0.2, 0) is 6.54 Å². The Labute approximate surface area is 149 Å². The van der Waals surface area contributed by atoms with Crippen LogP contribution in [0.3, 0.4) is 0 Å². The summed E-state index contributed by atoms with van der Waals surface area (Å²) in [4.78, 5) is 27.5. The minimum Gasteiger partial charge on any atom is -0.313 e. The Kier molecular flexibility index (Phi) is 3.99. The van der Waals surface area contributed by atoms with E-state index in [9.17, 15) is 4.79 Å². The highest BCUT2D eigenvalue weighted by Crippen LogP contribution is 2.20. The topological polar surface area (TPSA) is 57.4 Å². The molecular formula is C19H13ClN4O. The molecule has 122 valence electrons. The molecule has 1 amide bonds. The number of carbonyl (C=O) groups is 1. The van der Waals surface area contributed by atoms with Crippen molar-refractivity contribution in [2.24, 2.45) is 15.0 Å². The molecule has 4 rings (SSSR count). The third-order valence-electron chi connectivity index (χ3n) is 3.90. The molecule has 2 aliphatic rings. The Morgan fingerprint density at radius 2 is 1.92 bits per heavy atom. The SMILES string of the molecule is O=C(N=C1N=C2N=CC=CN2Cc2ccccc21)c1ccc(Cl)cc1. The lowest BCUT2D eigenvalue weighted by Gasteiger charge is -2.19. The molecule has 2 aromatic carbocycles. The van der Waals surface area contributed by atoms with Crippen LogP contribution in [0.25, 0.3) is 0 Å². The molecule has 0 saturated heterocycles. The van der Waals surface area contributed by atoms with E-state index in [0.717, 1.165) is 11.1 Å². The first-order valence-corrected chi connectivity index (χ1v) is 8.11. The van der Waals surface area contributed by atoms with Crippen LogP contribution in [0, 0.1) is 0 Å². The third kappa shape index (κ3) is 3.14. The van der Waals surface area contributed by atoms with E-state index < -0.39 is 0 Å². The lowest BCUT2D eigenvalue weighted by Crippen LogP contribution is -2.25. The van der Waals surface area contributed by atoms with Crippen molar-refractivity contribution in [1.82, 2.24) is 4.90 Å². The van der Waals surface area contributed by atoms with Crippen molar-refractivity contribution < 1.29 is 4.79 Å². The molecule has 0 aliphatic carbocycles. The van der Waals surface area contributed by atoms with E-state index in [0.29, 0.717) is 28.9 Å². The molecule has 2 aromatic rings. The number of amides is 1. The van der Waals surface area contributed by atoms with Gasteiger partial charge >= 0.3 is 0 Å². The normalized spacial score (nSPS) is 16.9. The molecule has 0 spiro atoms. The number of halogens is 1. The van der Waals surface area contributed by atoms with Gasteiger partial charge in [0, 0.05) is 28.6 Å². The number of aliphatic imine (C=N–C) groups is 3. The summed E-state index contributed by atoms with van der Waals surface area (Å²) in [6.07, 6.45) is 5.43. The number of fused-ring (bicyclic) bond motifs is 2. The van der Waals surface area contributed by atoms with Crippen molar-refractivity contribution in [2.45, 2.75) is 6.54 Å². The van der Waals surface area contributed by atoms with E-state index in [4.69, 9.17) is 11.6 Å². The molecule has 0 unspecified atom stereocenters. The highest BCUT2D eigenvalue weighted by molar-refractivity contribution is 6.30. The van der Waals surface area contributed by atoms with Crippen LogP contribution in [0.1, 0.15) is 21.5 Å². The van der Waals surface area contributed by atoms with Gasteiger partial charge in [-0.25, -0.2) is 4.99 Å². The average Bonchev–Trinajstić information content (AvgIpc) is 2.79. The highest BCUT2D eigenvalue weighted by Gasteiger charge is 2.21. The molecule has 0 saturated carbocycles. The number of amidine groups is 1. The summed E-state index contributed by atoms with van der Waals surface area (Å²) in [7, 11) is 0. The third-order valence-corrected chi connectivity index (χ3v) is 4.15. The van der Waals surface area contributed by atoms with Crippen molar-refractivity contribution >= 4 is 35.5 Å². The largest absolute Gasteiger partial charge is 0.313 e. The fourth-order valence-corrected chi connectivity index (χ4v) is 2.79. The van der Waals surface area contributed by atoms with Crippen LogP contribution in [0.15, 0.2) is 75.8 Å². The van der Waals surface area contributed by atoms with Gasteiger partial charge in [-0.1, -0.05) is 35.9 Å². The molecule has 2 heterocycles. The van der Waals surface area contributed by atoms with Crippen molar-refractivity contribution in [1.29, 1.82) is 0 Å². The number of nitrogens with zero attached hydrogens (tertiary/aromatic N) is 4. The second-order valence-corrected chi connectivity index (χ2v) is 6.00. The second-order valence-electron chi connectivity index (χ2n) is 5.56. The van der Waals surface area contributed by atoms with E-state index in [1.807, 2.05) is 41.4 Å². The molecule has 0 atom stereocenters. The maximum absolute atomic E-state index is 12.5. The Bertz CT molecular complexity index is 958. The van der Waals surface area contributed by atoms with Crippen molar-refractivity contribution in [3.8, 4) is 0 Å². The monoisotopic (exact) mass is 348 g/mol. The molecule has 0 fully saturated rings. The predicted molar refractivity (Wildman–Crippen MR) is 99.4 cm³/mol. The molecule has 0 radical (unpaired) electrons. The molecule has 25 heavy (non-hydrogen) atoms. The second kappa shape index (κ2) is 6.45. The standard InChI is InChI=1S/C19H13ClN4O/c20-15-8-6-13(7-9-15)18(25)22-17-16-5-2-1-4-14(16)12-24-11-3-10-21-19(24)23-17/h1-11H,12H2. The minimum absolute atomic E-state index is 0.362. The van der Waals surface area contributed by atoms with Crippen LogP contribution >= 0.6 is 11.6 Å². The summed E-state index contributed by atoms with van der Waals surface area (Å²) >= 11 is 5.88. The van der Waals surface area contributed by atoms with E-state index in [2.05, 4.69) is 15.0 Å². The van der Waals surface area contributed by atoms with Gasteiger partial charge in [-0.3, -0.25) is 4.79 Å². The van der Waals surface area contributed by atoms with Gasteiger partial charge in [0.25, 0.3) is 5.91 Å². The molecule has 6 heteroatoms. The van der Waals surface area contributed by atoms with Crippen LogP contribution in [0.2, 0.25) is 5.02 Å². The van der Waals surface area contributed by atoms with E-state index in [1.165, 1.54) is 0 Å². The van der Waals surface area contributed by atoms with Crippen LogP contribution < -0.4 is 0 Å². The Morgan fingerprint density at radius 1 is 1.12 bits per heavy atom. The van der Waals surface area contributed by atoms with E-state index >= 15 is 0 Å². The van der Waals surface area contributed by atoms with Gasteiger partial charge in [-0.05, 0) is 35.9 Å². The summed E-state index contributed by atoms with van der Waals surface area (Å²) < 4.78 is 0. The number of carbonyl (C=O) groups excluding carboxylic acids is 1. The van der Waals surface area contributed by atoms with Crippen molar-refractivity contribution in [3.05, 3.63) is 82.5 Å². The smallest absolute Gasteiger partial charge is 0.279 e. The lowest BCUT2D eigenvalue weighted by molar-refractivity contribution is 0.100. The minimum atomic E-state index is -0.366. The Balaban J connectivity index is 1.80. The number of hydrogen-bond acceptors (Lipinski definition) is 3. The van der Waals surface area contributed by atoms with Gasteiger partial charge in [0.15, 0.2) is 5.84 Å². The summed E-state index contributed by atoms with van der Waals surface area (Å²) in [6, 6.07) is 14.4. The van der Waals surface area contributed by atoms with Crippen LogP contribution in [0.5, 0.6) is 0 Å². The number of rotatable bonds is 1. The summed E-state index contributed by atoms with van der Waals surface area (Å²) in [5.74, 6) is 0.511. The Hall–Kier alpha value is -3.05. The quantitative estimate of drug-likeness (QED) is 0.789. The first-order valence-electron chi connectivity index (χ1n) is 7.74. The highest BCUT2D eigenvalue weighted by atomic mass is 35.5. The molecule has 0 aromatic heterocycles. The van der Waals surface area contributed by atoms with Crippen molar-refractivity contribution in [3.63, 3.8) is 0 Å². The maximum Gasteiger partial charge on any atom is 0.279 e. The molecular weight excluding hydrogens is 336 g/mol. The fourth-order valence-electron chi connectivity index (χ4n) is 2.66. The zero-order valence-electron chi connectivity index (χ0n) is 13.1. The number of allylic oxidation sites excluding steroid dienone is 1. The number of benzene rings is 2. The fraction of sp³-hybridized carbons (Fsp3) is 0.0526. The molecule has 5 nitrogen and oxygen atoms in total. The van der Waals surface area contributed by atoms with Gasteiger partial charge in [-0.2, -0.15) is 9.98 Å². The summed E-state index contributed by atoms with van der Waals surface area (Å²) in [6.45, 7) is 0.622. The molecule has 2 aliphatic heterocycles. The van der Waals surface area contributed by atoms with Crippen LogP contribution in [-0.4, -0.2) is 28.8 Å². The lowest BCUT2D eigenvalue weighted by atomic mass is 10.1. The van der Waals surface area contributed by atoms with Gasteiger partial charge in [0.2, 0.25) is 5.96 Å². The van der Waals surface area contributed by atoms with Gasteiger partial charge in [0.05, 0.1) is 6.54 Å². The zero-order chi connectivity index (χ0) is 17.2. The van der Waals surface area contributed by atoms with Gasteiger partial charge in [-0.15, -0.1) is 0 Å². The first kappa shape index (κ1) is 15.5. The predicted octanol–water partition coefficient (Wildman–Crippen LogP) is 3.70. The number of guanidine groups is 1.